The van der Waals surface area contributed by atoms with Crippen LogP contribution >= 0.6 is 0 Å². The van der Waals surface area contributed by atoms with Crippen molar-refractivity contribution in [3.63, 3.8) is 0 Å². The average Bonchev–Trinajstić information content (AvgIpc) is 3.24. The Morgan fingerprint density at radius 2 is 1.67 bits per heavy atom. The van der Waals surface area contributed by atoms with Crippen molar-refractivity contribution in [2.45, 2.75) is 51.2 Å². The fourth-order valence-electron chi connectivity index (χ4n) is 7.05. The van der Waals surface area contributed by atoms with Crippen LogP contribution in [0.1, 0.15) is 56.1 Å². The number of aromatic nitrogens is 3. The van der Waals surface area contributed by atoms with Crippen LogP contribution < -0.4 is 16.7 Å². The van der Waals surface area contributed by atoms with Gasteiger partial charge in [0.25, 0.3) is 5.91 Å². The number of rotatable bonds is 6. The maximum atomic E-state index is 14.8. The lowest BCUT2D eigenvalue weighted by Crippen LogP contribution is -2.60. The third-order valence-electron chi connectivity index (χ3n) is 8.64. The Hall–Kier alpha value is -4.48. The first-order valence-corrected chi connectivity index (χ1v) is 13.8. The standard InChI is InChI=1S/C30H34N4O8/c1-15(2)14-30(31-25(36)17-10-8-7-9-11-17)23-19(27(38)42-6)12-18(26(37)41-5)13-20-22(23)21(24(30)35)16(3)33-28(39)32(4)29(40)34(20)33/h7-12,15-16,19-20,23H,13-14H2,1-6H3,(H,31,36)/t16-,19+,20+,23+,30+/m0/s1. The Kier molecular flexibility index (Phi) is 7.20. The van der Waals surface area contributed by atoms with E-state index >= 15 is 0 Å². The van der Waals surface area contributed by atoms with E-state index in [1.165, 1.54) is 36.7 Å². The zero-order chi connectivity index (χ0) is 30.7. The minimum absolute atomic E-state index is 0.0868. The zero-order valence-electron chi connectivity index (χ0n) is 24.4. The minimum Gasteiger partial charge on any atom is -0.469 e. The fourth-order valence-corrected chi connectivity index (χ4v) is 7.05. The van der Waals surface area contributed by atoms with Gasteiger partial charge in [0.05, 0.1) is 32.2 Å². The highest BCUT2D eigenvalue weighted by molar-refractivity contribution is 6.11. The number of hydrogen-bond acceptors (Lipinski definition) is 8. The maximum Gasteiger partial charge on any atom is 0.347 e. The van der Waals surface area contributed by atoms with Gasteiger partial charge in [-0.05, 0) is 37.0 Å². The van der Waals surface area contributed by atoms with Crippen LogP contribution in [-0.2, 0) is 30.9 Å². The van der Waals surface area contributed by atoms with Crippen LogP contribution in [0.3, 0.4) is 0 Å². The highest BCUT2D eigenvalue weighted by atomic mass is 16.5. The number of carbonyl (C=O) groups is 4. The van der Waals surface area contributed by atoms with E-state index in [9.17, 15) is 28.8 Å². The van der Waals surface area contributed by atoms with Crippen molar-refractivity contribution in [3.05, 3.63) is 79.7 Å². The smallest absolute Gasteiger partial charge is 0.347 e. The molecule has 12 nitrogen and oxygen atoms in total. The van der Waals surface area contributed by atoms with Crippen LogP contribution in [0.4, 0.5) is 0 Å². The van der Waals surface area contributed by atoms with E-state index in [0.717, 1.165) is 4.57 Å². The van der Waals surface area contributed by atoms with Crippen molar-refractivity contribution >= 4 is 23.6 Å². The third kappa shape index (κ3) is 4.11. The number of fused-ring (bicyclic) bond motifs is 2. The second-order valence-corrected chi connectivity index (χ2v) is 11.5. The van der Waals surface area contributed by atoms with Gasteiger partial charge in [-0.25, -0.2) is 28.3 Å². The number of nitrogens with zero attached hydrogens (tertiary/aromatic N) is 3. The van der Waals surface area contributed by atoms with Crippen LogP contribution in [0.5, 0.6) is 0 Å². The molecule has 0 saturated heterocycles. The first kappa shape index (κ1) is 29.0. The predicted octanol–water partition coefficient (Wildman–Crippen LogP) is 1.47. The van der Waals surface area contributed by atoms with Gasteiger partial charge in [-0.15, -0.1) is 0 Å². The van der Waals surface area contributed by atoms with Crippen molar-refractivity contribution in [2.24, 2.45) is 24.8 Å². The van der Waals surface area contributed by atoms with E-state index < -0.39 is 64.5 Å². The summed E-state index contributed by atoms with van der Waals surface area (Å²) in [6.45, 7) is 5.43. The van der Waals surface area contributed by atoms with Gasteiger partial charge in [0.15, 0.2) is 5.78 Å². The molecule has 0 unspecified atom stereocenters. The van der Waals surface area contributed by atoms with Gasteiger partial charge in [-0.2, -0.15) is 0 Å². The molecule has 1 aliphatic heterocycles. The summed E-state index contributed by atoms with van der Waals surface area (Å²) >= 11 is 0. The summed E-state index contributed by atoms with van der Waals surface area (Å²) in [6, 6.07) is 6.52. The van der Waals surface area contributed by atoms with Crippen LogP contribution in [0.2, 0.25) is 0 Å². The number of benzene rings is 1. The van der Waals surface area contributed by atoms with Crippen LogP contribution in [-0.4, -0.2) is 57.3 Å². The molecule has 2 heterocycles. The quantitative estimate of drug-likeness (QED) is 0.507. The first-order valence-electron chi connectivity index (χ1n) is 13.8. The fraction of sp³-hybridized carbons (Fsp3) is 0.467. The first-order chi connectivity index (χ1) is 19.9. The monoisotopic (exact) mass is 578 g/mol. The van der Waals surface area contributed by atoms with Gasteiger partial charge in [-0.3, -0.25) is 14.4 Å². The molecule has 3 aliphatic rings. The van der Waals surface area contributed by atoms with Crippen LogP contribution in [0.25, 0.3) is 0 Å². The van der Waals surface area contributed by atoms with Crippen molar-refractivity contribution in [2.75, 3.05) is 14.2 Å². The molecule has 222 valence electrons. The molecule has 0 radical (unpaired) electrons. The Morgan fingerprint density at radius 1 is 1.02 bits per heavy atom. The molecule has 2 aliphatic carbocycles. The summed E-state index contributed by atoms with van der Waals surface area (Å²) < 4.78 is 13.6. The zero-order valence-corrected chi connectivity index (χ0v) is 24.4. The number of ketones is 1. The van der Waals surface area contributed by atoms with Gasteiger partial charge >= 0.3 is 23.3 Å². The Bertz CT molecular complexity index is 1670. The van der Waals surface area contributed by atoms with E-state index in [1.807, 2.05) is 13.8 Å². The van der Waals surface area contributed by atoms with Crippen molar-refractivity contribution in [3.8, 4) is 0 Å². The maximum absolute atomic E-state index is 14.8. The molecule has 0 spiro atoms. The summed E-state index contributed by atoms with van der Waals surface area (Å²) in [5.41, 5.74) is -1.85. The predicted molar refractivity (Wildman–Crippen MR) is 150 cm³/mol. The molecule has 2 aromatic rings. The topological polar surface area (TPSA) is 148 Å². The van der Waals surface area contributed by atoms with Crippen LogP contribution in [0, 0.1) is 17.8 Å². The average molecular weight is 579 g/mol. The summed E-state index contributed by atoms with van der Waals surface area (Å²) in [7, 11) is 3.75. The van der Waals surface area contributed by atoms with E-state index in [2.05, 4.69) is 5.32 Å². The number of methoxy groups -OCH3 is 2. The molecule has 5 rings (SSSR count). The molecule has 0 fully saturated rings. The van der Waals surface area contributed by atoms with E-state index in [0.29, 0.717) is 11.1 Å². The van der Waals surface area contributed by atoms with Gasteiger partial charge in [0, 0.05) is 36.1 Å². The molecule has 12 heteroatoms. The van der Waals surface area contributed by atoms with Crippen molar-refractivity contribution < 1.29 is 28.7 Å². The van der Waals surface area contributed by atoms with Crippen molar-refractivity contribution in [1.82, 2.24) is 19.2 Å². The highest BCUT2D eigenvalue weighted by Gasteiger charge is 2.63. The van der Waals surface area contributed by atoms with E-state index in [1.54, 1.807) is 37.3 Å². The second-order valence-electron chi connectivity index (χ2n) is 11.5. The van der Waals surface area contributed by atoms with Gasteiger partial charge in [0.1, 0.15) is 5.54 Å². The Labute approximate surface area is 241 Å². The number of carbonyl (C=O) groups excluding carboxylic acids is 4. The van der Waals surface area contributed by atoms with Gasteiger partial charge < -0.3 is 14.8 Å². The summed E-state index contributed by atoms with van der Waals surface area (Å²) in [6.07, 6.45) is 1.44. The number of ether oxygens (including phenoxy) is 2. The largest absolute Gasteiger partial charge is 0.469 e. The molecule has 42 heavy (non-hydrogen) atoms. The summed E-state index contributed by atoms with van der Waals surface area (Å²) in [5, 5.41) is 3.01. The van der Waals surface area contributed by atoms with Crippen LogP contribution in [0.15, 0.2) is 62.7 Å². The SMILES string of the molecule is COC(=O)C1=C[C@@H](C(=O)OC)[C@@H]2C3=C(C(=O)[C@]2(CC(C)C)NC(=O)c2ccccc2)[C@H](C)n2c(=O)n(C)c(=O)n2[C@@H]3C1. The molecule has 0 saturated carbocycles. The molecule has 0 bridgehead atoms. The Balaban J connectivity index is 1.85. The van der Waals surface area contributed by atoms with Crippen molar-refractivity contribution in [1.29, 1.82) is 0 Å². The lowest BCUT2D eigenvalue weighted by molar-refractivity contribution is -0.146. The number of hydrogen-bond donors (Lipinski definition) is 1. The summed E-state index contributed by atoms with van der Waals surface area (Å²) in [5.74, 6) is -4.75. The van der Waals surface area contributed by atoms with E-state index in [-0.39, 0.29) is 29.9 Å². The molecule has 5 atom stereocenters. The summed E-state index contributed by atoms with van der Waals surface area (Å²) in [4.78, 5) is 81.9. The highest BCUT2D eigenvalue weighted by Crippen LogP contribution is 2.56. The number of nitrogens with one attached hydrogen (secondary N) is 1. The lowest BCUT2D eigenvalue weighted by Gasteiger charge is -2.40. The molecule has 1 amide bonds. The van der Waals surface area contributed by atoms with E-state index in [4.69, 9.17) is 9.47 Å². The number of amides is 1. The molecule has 1 aromatic heterocycles. The second kappa shape index (κ2) is 10.4. The third-order valence-corrected chi connectivity index (χ3v) is 8.64. The molecule has 1 aromatic carbocycles. The van der Waals surface area contributed by atoms with Gasteiger partial charge in [0.2, 0.25) is 0 Å². The normalized spacial score (nSPS) is 26.3. The number of esters is 2. The molecular formula is C30H34N4O8. The minimum atomic E-state index is -1.65. The lowest BCUT2D eigenvalue weighted by atomic mass is 9.69. The molecule has 1 N–H and O–H groups in total. The number of Topliss-reactive ketones (excluding diaryl/α,β-unsaturated/α-hetero) is 1. The Morgan fingerprint density at radius 3 is 2.26 bits per heavy atom. The van der Waals surface area contributed by atoms with Gasteiger partial charge in [-0.1, -0.05) is 38.1 Å². The molecular weight excluding hydrogens is 544 g/mol.